The smallest absolute Gasteiger partial charge is 0.148 e. The van der Waals surface area contributed by atoms with Gasteiger partial charge < -0.3 is 15.3 Å². The number of nitrogens with zero attached hydrogens (tertiary/aromatic N) is 3. The van der Waals surface area contributed by atoms with E-state index in [9.17, 15) is 5.11 Å². The summed E-state index contributed by atoms with van der Waals surface area (Å²) < 4.78 is 0.869. The van der Waals surface area contributed by atoms with Crippen molar-refractivity contribution in [3.8, 4) is 0 Å². The highest BCUT2D eigenvalue weighted by Crippen LogP contribution is 2.31. The average molecular weight is 345 g/mol. The summed E-state index contributed by atoms with van der Waals surface area (Å²) in [7, 11) is 0. The summed E-state index contributed by atoms with van der Waals surface area (Å²) in [6.07, 6.45) is 4.65. The van der Waals surface area contributed by atoms with Gasteiger partial charge in [0.15, 0.2) is 0 Å². The van der Waals surface area contributed by atoms with Crippen LogP contribution in [0, 0.1) is 0 Å². The van der Waals surface area contributed by atoms with Gasteiger partial charge >= 0.3 is 0 Å². The highest BCUT2D eigenvalue weighted by molar-refractivity contribution is 9.10. The molecule has 0 saturated heterocycles. The molecule has 0 bridgehead atoms. The number of rotatable bonds is 9. The molecule has 0 aliphatic carbocycles. The zero-order valence-corrected chi connectivity index (χ0v) is 14.2. The number of aliphatic hydroxyl groups excluding tert-OH is 1. The van der Waals surface area contributed by atoms with Crippen LogP contribution >= 0.6 is 15.9 Å². The fourth-order valence-electron chi connectivity index (χ4n) is 2.23. The van der Waals surface area contributed by atoms with Crippen LogP contribution in [0.1, 0.15) is 40.0 Å². The van der Waals surface area contributed by atoms with Gasteiger partial charge in [-0.05, 0) is 35.2 Å². The maximum Gasteiger partial charge on any atom is 0.148 e. The zero-order chi connectivity index (χ0) is 15.0. The number of hydrogen-bond acceptors (Lipinski definition) is 5. The molecule has 1 aromatic heterocycles. The van der Waals surface area contributed by atoms with E-state index >= 15 is 0 Å². The van der Waals surface area contributed by atoms with Crippen molar-refractivity contribution in [2.24, 2.45) is 0 Å². The van der Waals surface area contributed by atoms with Crippen molar-refractivity contribution in [1.82, 2.24) is 9.97 Å². The highest BCUT2D eigenvalue weighted by Gasteiger charge is 2.20. The second-order valence-electron chi connectivity index (χ2n) is 4.67. The molecule has 0 unspecified atom stereocenters. The van der Waals surface area contributed by atoms with Crippen molar-refractivity contribution >= 4 is 27.6 Å². The molecule has 0 fully saturated rings. The molecule has 6 heteroatoms. The molecule has 114 valence electrons. The van der Waals surface area contributed by atoms with Crippen LogP contribution in [0.3, 0.4) is 0 Å². The lowest BCUT2D eigenvalue weighted by Crippen LogP contribution is -2.37. The lowest BCUT2D eigenvalue weighted by Gasteiger charge is -2.32. The number of aromatic nitrogens is 2. The predicted octanol–water partition coefficient (Wildman–Crippen LogP) is 3.05. The molecule has 5 nitrogen and oxygen atoms in total. The van der Waals surface area contributed by atoms with Crippen molar-refractivity contribution < 1.29 is 5.11 Å². The van der Waals surface area contributed by atoms with Gasteiger partial charge in [0, 0.05) is 19.1 Å². The molecular weight excluding hydrogens is 320 g/mol. The van der Waals surface area contributed by atoms with E-state index in [2.05, 4.69) is 56.9 Å². The van der Waals surface area contributed by atoms with E-state index in [-0.39, 0.29) is 6.61 Å². The van der Waals surface area contributed by atoms with E-state index in [1.54, 1.807) is 6.33 Å². The van der Waals surface area contributed by atoms with E-state index in [0.29, 0.717) is 12.6 Å². The van der Waals surface area contributed by atoms with Crippen LogP contribution in [0.25, 0.3) is 0 Å². The van der Waals surface area contributed by atoms with Crippen LogP contribution in [0.15, 0.2) is 10.8 Å². The Balaban J connectivity index is 3.06. The standard InChI is InChI=1S/C14H25BrN4O/c1-4-7-16-13-12(15)14(18-10-17-13)19(8-9-20)11(5-2)6-3/h10-11,20H,4-9H2,1-3H3,(H,16,17,18). The maximum absolute atomic E-state index is 9.32. The Morgan fingerprint density at radius 3 is 2.55 bits per heavy atom. The minimum absolute atomic E-state index is 0.116. The minimum Gasteiger partial charge on any atom is -0.395 e. The summed E-state index contributed by atoms with van der Waals surface area (Å²) in [6, 6.07) is 0.368. The first-order valence-corrected chi connectivity index (χ1v) is 8.10. The Kier molecular flexibility index (Phi) is 7.84. The number of halogens is 1. The molecule has 0 aromatic carbocycles. The Morgan fingerprint density at radius 1 is 1.30 bits per heavy atom. The Bertz CT molecular complexity index is 399. The number of nitrogens with one attached hydrogen (secondary N) is 1. The van der Waals surface area contributed by atoms with Crippen LogP contribution in [0.2, 0.25) is 0 Å². The SMILES string of the molecule is CCCNc1ncnc(N(CCO)C(CC)CC)c1Br. The monoisotopic (exact) mass is 344 g/mol. The fourth-order valence-corrected chi connectivity index (χ4v) is 2.80. The second-order valence-corrected chi connectivity index (χ2v) is 5.47. The quantitative estimate of drug-likeness (QED) is 0.720. The summed E-state index contributed by atoms with van der Waals surface area (Å²) in [5, 5.41) is 12.6. The van der Waals surface area contributed by atoms with E-state index in [0.717, 1.165) is 41.9 Å². The molecule has 2 N–H and O–H groups in total. The summed E-state index contributed by atoms with van der Waals surface area (Å²) in [5.41, 5.74) is 0. The molecule has 1 rings (SSSR count). The normalized spacial score (nSPS) is 10.9. The van der Waals surface area contributed by atoms with Crippen LogP contribution in [-0.2, 0) is 0 Å². The molecule has 1 aromatic rings. The van der Waals surface area contributed by atoms with Crippen LogP contribution < -0.4 is 10.2 Å². The van der Waals surface area contributed by atoms with E-state index in [1.165, 1.54) is 0 Å². The highest BCUT2D eigenvalue weighted by atomic mass is 79.9. The van der Waals surface area contributed by atoms with Crippen LogP contribution in [0.4, 0.5) is 11.6 Å². The summed E-state index contributed by atoms with van der Waals surface area (Å²) >= 11 is 3.60. The van der Waals surface area contributed by atoms with Gasteiger partial charge in [-0.15, -0.1) is 0 Å². The topological polar surface area (TPSA) is 61.3 Å². The fraction of sp³-hybridized carbons (Fsp3) is 0.714. The Hall–Kier alpha value is -0.880. The number of aliphatic hydroxyl groups is 1. The first-order chi connectivity index (χ1) is 9.69. The largest absolute Gasteiger partial charge is 0.395 e. The molecule has 0 radical (unpaired) electrons. The molecule has 0 spiro atoms. The minimum atomic E-state index is 0.116. The summed E-state index contributed by atoms with van der Waals surface area (Å²) in [5.74, 6) is 1.66. The third-order valence-electron chi connectivity index (χ3n) is 3.31. The molecule has 0 aliphatic heterocycles. The number of anilines is 2. The molecular formula is C14H25BrN4O. The first-order valence-electron chi connectivity index (χ1n) is 7.31. The average Bonchev–Trinajstić information content (AvgIpc) is 2.47. The third kappa shape index (κ3) is 4.31. The van der Waals surface area contributed by atoms with Crippen molar-refractivity contribution in [3.05, 3.63) is 10.8 Å². The molecule has 0 saturated carbocycles. The van der Waals surface area contributed by atoms with E-state index < -0.39 is 0 Å². The van der Waals surface area contributed by atoms with Gasteiger partial charge in [0.2, 0.25) is 0 Å². The van der Waals surface area contributed by atoms with Gasteiger partial charge in [0.05, 0.1) is 6.61 Å². The van der Waals surface area contributed by atoms with Gasteiger partial charge in [-0.2, -0.15) is 0 Å². The Labute approximate surface area is 129 Å². The van der Waals surface area contributed by atoms with Gasteiger partial charge in [-0.25, -0.2) is 9.97 Å². The molecule has 0 atom stereocenters. The first kappa shape index (κ1) is 17.2. The second kappa shape index (κ2) is 9.13. The van der Waals surface area contributed by atoms with Gasteiger partial charge in [0.1, 0.15) is 22.4 Å². The van der Waals surface area contributed by atoms with Gasteiger partial charge in [0.25, 0.3) is 0 Å². The van der Waals surface area contributed by atoms with Crippen LogP contribution in [0.5, 0.6) is 0 Å². The van der Waals surface area contributed by atoms with Crippen molar-refractivity contribution in [2.45, 2.75) is 46.1 Å². The molecule has 20 heavy (non-hydrogen) atoms. The lowest BCUT2D eigenvalue weighted by molar-refractivity contribution is 0.295. The van der Waals surface area contributed by atoms with Crippen LogP contribution in [-0.4, -0.2) is 40.8 Å². The summed E-state index contributed by atoms with van der Waals surface area (Å²) in [6.45, 7) is 8.00. The summed E-state index contributed by atoms with van der Waals surface area (Å²) in [4.78, 5) is 10.8. The third-order valence-corrected chi connectivity index (χ3v) is 4.04. The lowest BCUT2D eigenvalue weighted by atomic mass is 10.1. The predicted molar refractivity (Wildman–Crippen MR) is 87.3 cm³/mol. The van der Waals surface area contributed by atoms with Crippen molar-refractivity contribution in [2.75, 3.05) is 29.9 Å². The number of hydrogen-bond donors (Lipinski definition) is 2. The van der Waals surface area contributed by atoms with Crippen molar-refractivity contribution in [3.63, 3.8) is 0 Å². The molecule has 0 amide bonds. The Morgan fingerprint density at radius 2 is 2.00 bits per heavy atom. The van der Waals surface area contributed by atoms with Gasteiger partial charge in [-0.1, -0.05) is 20.8 Å². The van der Waals surface area contributed by atoms with E-state index in [4.69, 9.17) is 0 Å². The zero-order valence-electron chi connectivity index (χ0n) is 12.6. The maximum atomic E-state index is 9.32. The van der Waals surface area contributed by atoms with Gasteiger partial charge in [-0.3, -0.25) is 0 Å². The van der Waals surface area contributed by atoms with Crippen molar-refractivity contribution in [1.29, 1.82) is 0 Å². The molecule has 1 heterocycles. The van der Waals surface area contributed by atoms with E-state index in [1.807, 2.05) is 0 Å². The molecule has 0 aliphatic rings.